The highest BCUT2D eigenvalue weighted by atomic mass is 16.3. The Balaban J connectivity index is 2.06. The van der Waals surface area contributed by atoms with Crippen molar-refractivity contribution < 1.29 is 4.42 Å². The topological polar surface area (TPSA) is 37.5 Å². The van der Waals surface area contributed by atoms with E-state index >= 15 is 0 Å². The zero-order chi connectivity index (χ0) is 11.8. The summed E-state index contributed by atoms with van der Waals surface area (Å²) >= 11 is 0. The van der Waals surface area contributed by atoms with Crippen LogP contribution >= 0.6 is 0 Å². The fourth-order valence-electron chi connectivity index (χ4n) is 2.45. The number of aliphatic imine (C=N–C) groups is 1. The van der Waals surface area contributed by atoms with E-state index in [0.717, 1.165) is 30.9 Å². The molecule has 3 nitrogen and oxygen atoms in total. The monoisotopic (exact) mass is 228 g/mol. The Bertz CT molecular complexity index is 596. The molecule has 3 rings (SSSR count). The van der Waals surface area contributed by atoms with Crippen molar-refractivity contribution in [3.63, 3.8) is 0 Å². The van der Waals surface area contributed by atoms with Gasteiger partial charge in [-0.15, -0.1) is 0 Å². The number of nitrogens with zero attached hydrogens (tertiary/aromatic N) is 1. The average molecular weight is 228 g/mol. The Morgan fingerprint density at radius 1 is 1.41 bits per heavy atom. The summed E-state index contributed by atoms with van der Waals surface area (Å²) < 4.78 is 5.51. The molecule has 2 heterocycles. The maximum Gasteiger partial charge on any atom is 0.137 e. The van der Waals surface area contributed by atoms with E-state index < -0.39 is 0 Å². The number of aryl methyl sites for hydroxylation is 2. The minimum absolute atomic E-state index is 0.897. The molecule has 0 atom stereocenters. The number of hydrogen-bond donors (Lipinski definition) is 1. The number of fused-ring (bicyclic) bond motifs is 1. The maximum absolute atomic E-state index is 5.51. The quantitative estimate of drug-likeness (QED) is 0.857. The van der Waals surface area contributed by atoms with Gasteiger partial charge in [-0.05, 0) is 36.6 Å². The molecule has 0 aliphatic carbocycles. The van der Waals surface area contributed by atoms with Gasteiger partial charge < -0.3 is 9.73 Å². The van der Waals surface area contributed by atoms with Crippen molar-refractivity contribution in [1.29, 1.82) is 0 Å². The highest BCUT2D eigenvalue weighted by molar-refractivity contribution is 5.90. The summed E-state index contributed by atoms with van der Waals surface area (Å²) in [6, 6.07) is 4.26. The van der Waals surface area contributed by atoms with Crippen molar-refractivity contribution in [2.45, 2.75) is 20.3 Å². The second-order valence-electron chi connectivity index (χ2n) is 4.57. The van der Waals surface area contributed by atoms with Gasteiger partial charge in [0.15, 0.2) is 0 Å². The Morgan fingerprint density at radius 2 is 2.29 bits per heavy atom. The number of rotatable bonds is 2. The molecule has 0 amide bonds. The third kappa shape index (κ3) is 1.71. The Kier molecular flexibility index (Phi) is 2.39. The van der Waals surface area contributed by atoms with Crippen LogP contribution in [0.4, 0.5) is 0 Å². The Hall–Kier alpha value is -1.77. The van der Waals surface area contributed by atoms with Crippen LogP contribution in [-0.4, -0.2) is 18.9 Å². The smallest absolute Gasteiger partial charge is 0.137 e. The summed E-state index contributed by atoms with van der Waals surface area (Å²) in [6.07, 6.45) is 2.66. The first-order chi connectivity index (χ1) is 8.25. The van der Waals surface area contributed by atoms with E-state index in [0.29, 0.717) is 0 Å². The van der Waals surface area contributed by atoms with Gasteiger partial charge in [0.1, 0.15) is 11.4 Å². The van der Waals surface area contributed by atoms with Crippen LogP contribution in [0.3, 0.4) is 0 Å². The van der Waals surface area contributed by atoms with Gasteiger partial charge in [-0.1, -0.05) is 6.07 Å². The second-order valence-corrected chi connectivity index (χ2v) is 4.57. The summed E-state index contributed by atoms with van der Waals surface area (Å²) in [5.41, 5.74) is 4.84. The zero-order valence-corrected chi connectivity index (χ0v) is 10.2. The SMILES string of the molecule is Cc1c(CC2=NCCN2)cc(C)c2occc12. The summed E-state index contributed by atoms with van der Waals surface area (Å²) in [6.45, 7) is 6.13. The van der Waals surface area contributed by atoms with Crippen molar-refractivity contribution >= 4 is 16.8 Å². The number of amidine groups is 1. The van der Waals surface area contributed by atoms with E-state index in [4.69, 9.17) is 4.42 Å². The molecule has 1 aliphatic rings. The number of nitrogens with one attached hydrogen (secondary N) is 1. The maximum atomic E-state index is 5.51. The lowest BCUT2D eigenvalue weighted by molar-refractivity contribution is 0.613. The van der Waals surface area contributed by atoms with Crippen LogP contribution in [0.15, 0.2) is 27.8 Å². The molecule has 0 saturated heterocycles. The molecule has 0 unspecified atom stereocenters. The molecule has 0 saturated carbocycles. The number of hydrogen-bond acceptors (Lipinski definition) is 3. The molecule has 1 aliphatic heterocycles. The minimum Gasteiger partial charge on any atom is -0.464 e. The van der Waals surface area contributed by atoms with Gasteiger partial charge in [-0.2, -0.15) is 0 Å². The van der Waals surface area contributed by atoms with Crippen LogP contribution in [-0.2, 0) is 6.42 Å². The second kappa shape index (κ2) is 3.91. The van der Waals surface area contributed by atoms with Crippen LogP contribution < -0.4 is 5.32 Å². The molecular formula is C14H16N2O. The van der Waals surface area contributed by atoms with Crippen LogP contribution in [0.2, 0.25) is 0 Å². The molecule has 3 heteroatoms. The third-order valence-corrected chi connectivity index (χ3v) is 3.40. The fourth-order valence-corrected chi connectivity index (χ4v) is 2.45. The third-order valence-electron chi connectivity index (χ3n) is 3.40. The summed E-state index contributed by atoms with van der Waals surface area (Å²) in [5, 5.41) is 4.54. The highest BCUT2D eigenvalue weighted by Crippen LogP contribution is 2.26. The Morgan fingerprint density at radius 3 is 3.06 bits per heavy atom. The van der Waals surface area contributed by atoms with Gasteiger partial charge in [0, 0.05) is 18.4 Å². The normalized spacial score (nSPS) is 15.1. The lowest BCUT2D eigenvalue weighted by Gasteiger charge is -2.09. The first-order valence-electron chi connectivity index (χ1n) is 5.99. The Labute approximate surface area is 101 Å². The minimum atomic E-state index is 0.897. The van der Waals surface area contributed by atoms with Crippen molar-refractivity contribution in [2.24, 2.45) is 4.99 Å². The molecular weight excluding hydrogens is 212 g/mol. The van der Waals surface area contributed by atoms with Crippen LogP contribution in [0.1, 0.15) is 16.7 Å². The van der Waals surface area contributed by atoms with Gasteiger partial charge in [-0.25, -0.2) is 0 Å². The molecule has 0 fully saturated rings. The molecule has 0 bridgehead atoms. The van der Waals surface area contributed by atoms with Crippen molar-refractivity contribution in [2.75, 3.05) is 13.1 Å². The van der Waals surface area contributed by atoms with E-state index in [1.165, 1.54) is 22.1 Å². The molecule has 0 spiro atoms. The van der Waals surface area contributed by atoms with Crippen LogP contribution in [0.5, 0.6) is 0 Å². The number of benzene rings is 1. The van der Waals surface area contributed by atoms with E-state index in [1.807, 2.05) is 6.07 Å². The zero-order valence-electron chi connectivity index (χ0n) is 10.2. The molecule has 2 aromatic rings. The number of furan rings is 1. The predicted molar refractivity (Wildman–Crippen MR) is 69.7 cm³/mol. The largest absolute Gasteiger partial charge is 0.464 e. The van der Waals surface area contributed by atoms with Gasteiger partial charge >= 0.3 is 0 Å². The summed E-state index contributed by atoms with van der Waals surface area (Å²) in [7, 11) is 0. The molecule has 1 aromatic carbocycles. The van der Waals surface area contributed by atoms with Gasteiger partial charge in [0.2, 0.25) is 0 Å². The summed E-state index contributed by atoms with van der Waals surface area (Å²) in [5.74, 6) is 1.11. The lowest BCUT2D eigenvalue weighted by atomic mass is 9.98. The van der Waals surface area contributed by atoms with E-state index in [1.54, 1.807) is 6.26 Å². The van der Waals surface area contributed by atoms with Crippen LogP contribution in [0.25, 0.3) is 11.0 Å². The van der Waals surface area contributed by atoms with Crippen molar-refractivity contribution in [3.05, 3.63) is 35.1 Å². The molecule has 17 heavy (non-hydrogen) atoms. The molecule has 1 aromatic heterocycles. The van der Waals surface area contributed by atoms with Crippen LogP contribution in [0, 0.1) is 13.8 Å². The summed E-state index contributed by atoms with van der Waals surface area (Å²) in [4.78, 5) is 4.45. The molecule has 1 N–H and O–H groups in total. The van der Waals surface area contributed by atoms with E-state index in [2.05, 4.69) is 30.2 Å². The average Bonchev–Trinajstić information content (AvgIpc) is 2.96. The standard InChI is InChI=1S/C14H16N2O/c1-9-7-11(8-13-15-4-5-16-13)10(2)12-3-6-17-14(9)12/h3,6-7H,4-5,8H2,1-2H3,(H,15,16). The molecule has 88 valence electrons. The van der Waals surface area contributed by atoms with E-state index in [-0.39, 0.29) is 0 Å². The first-order valence-corrected chi connectivity index (χ1v) is 5.99. The lowest BCUT2D eigenvalue weighted by Crippen LogP contribution is -2.21. The van der Waals surface area contributed by atoms with Crippen molar-refractivity contribution in [3.8, 4) is 0 Å². The van der Waals surface area contributed by atoms with Gasteiger partial charge in [0.05, 0.1) is 12.8 Å². The van der Waals surface area contributed by atoms with Gasteiger partial charge in [-0.3, -0.25) is 4.99 Å². The predicted octanol–water partition coefficient (Wildman–Crippen LogP) is 2.59. The van der Waals surface area contributed by atoms with Gasteiger partial charge in [0.25, 0.3) is 0 Å². The molecule has 0 radical (unpaired) electrons. The first kappa shape index (κ1) is 10.4. The fraction of sp³-hybridized carbons (Fsp3) is 0.357. The van der Waals surface area contributed by atoms with E-state index in [9.17, 15) is 0 Å². The van der Waals surface area contributed by atoms with Crippen molar-refractivity contribution in [1.82, 2.24) is 5.32 Å². The highest BCUT2D eigenvalue weighted by Gasteiger charge is 2.12.